The molecule has 0 bridgehead atoms. The molecule has 1 fully saturated rings. The Hall–Kier alpha value is -3.75. The summed E-state index contributed by atoms with van der Waals surface area (Å²) in [5, 5.41) is 7.88. The number of carbonyl (C=O) groups is 2. The third-order valence-electron chi connectivity index (χ3n) is 6.49. The van der Waals surface area contributed by atoms with Gasteiger partial charge in [-0.1, -0.05) is 58.5 Å². The van der Waals surface area contributed by atoms with E-state index in [9.17, 15) is 9.59 Å². The van der Waals surface area contributed by atoms with Crippen LogP contribution in [0, 0.1) is 11.8 Å². The van der Waals surface area contributed by atoms with E-state index < -0.39 is 0 Å². The first-order chi connectivity index (χ1) is 17.7. The lowest BCUT2D eigenvalue weighted by atomic mass is 9.96. The zero-order chi connectivity index (χ0) is 26.5. The maximum atomic E-state index is 12.9. The molecular formula is C28H36N6O3. The molecule has 1 saturated heterocycles. The zero-order valence-corrected chi connectivity index (χ0v) is 22.1. The van der Waals surface area contributed by atoms with E-state index in [4.69, 9.17) is 4.74 Å². The van der Waals surface area contributed by atoms with Gasteiger partial charge < -0.3 is 15.0 Å². The second kappa shape index (κ2) is 11.5. The molecule has 1 atom stereocenters. The summed E-state index contributed by atoms with van der Waals surface area (Å²) in [6, 6.07) is 8.29. The molecular weight excluding hydrogens is 468 g/mol. The van der Waals surface area contributed by atoms with Crippen molar-refractivity contribution < 1.29 is 14.3 Å². The van der Waals surface area contributed by atoms with Gasteiger partial charge in [-0.25, -0.2) is 0 Å². The minimum atomic E-state index is -0.126. The largest absolute Gasteiger partial charge is 0.463 e. The second-order valence-corrected chi connectivity index (χ2v) is 10.3. The predicted molar refractivity (Wildman–Crippen MR) is 143 cm³/mol. The quantitative estimate of drug-likeness (QED) is 0.393. The van der Waals surface area contributed by atoms with E-state index in [1.807, 2.05) is 30.5 Å². The van der Waals surface area contributed by atoms with Crippen LogP contribution in [-0.2, 0) is 22.6 Å². The molecule has 1 amide bonds. The lowest BCUT2D eigenvalue weighted by Gasteiger charge is -2.14. The summed E-state index contributed by atoms with van der Waals surface area (Å²) in [5.74, 6) is 1.08. The van der Waals surface area contributed by atoms with E-state index in [-0.39, 0.29) is 23.5 Å². The van der Waals surface area contributed by atoms with Crippen LogP contribution in [0.1, 0.15) is 56.7 Å². The lowest BCUT2D eigenvalue weighted by Crippen LogP contribution is -2.28. The summed E-state index contributed by atoms with van der Waals surface area (Å²) in [6.45, 7) is 14.0. The Bertz CT molecular complexity index is 1280. The summed E-state index contributed by atoms with van der Waals surface area (Å²) in [6.07, 6.45) is 4.18. The van der Waals surface area contributed by atoms with Gasteiger partial charge in [0.05, 0.1) is 12.8 Å². The van der Waals surface area contributed by atoms with Gasteiger partial charge in [0.1, 0.15) is 5.78 Å². The molecule has 3 aromatic rings. The Morgan fingerprint density at radius 2 is 2.00 bits per heavy atom. The van der Waals surface area contributed by atoms with Crippen molar-refractivity contribution in [3.8, 4) is 6.01 Å². The summed E-state index contributed by atoms with van der Waals surface area (Å²) >= 11 is 0. The smallest absolute Gasteiger partial charge is 0.321 e. The summed E-state index contributed by atoms with van der Waals surface area (Å²) < 4.78 is 7.55. The number of hydrogen-bond donors (Lipinski definition) is 1. The number of rotatable bonds is 11. The number of ether oxygens (including phenoxy) is 1. The molecule has 0 aliphatic carbocycles. The van der Waals surface area contributed by atoms with Crippen molar-refractivity contribution in [1.82, 2.24) is 24.5 Å². The Balaban J connectivity index is 1.46. The number of fused-ring (bicyclic) bond motifs is 1. The highest BCUT2D eigenvalue weighted by Gasteiger charge is 2.29. The van der Waals surface area contributed by atoms with Crippen molar-refractivity contribution >= 4 is 23.3 Å². The SMILES string of the molecule is C=CC(=O)N1CCC(C(=O)Cc2cccc(CNc3nc(OCC(C)C)nc4c(C(C)C)cnn34)c2)C1. The minimum Gasteiger partial charge on any atom is -0.463 e. The van der Waals surface area contributed by atoms with Gasteiger partial charge in [0, 0.05) is 37.5 Å². The molecule has 1 aliphatic rings. The Kier molecular flexibility index (Phi) is 8.21. The summed E-state index contributed by atoms with van der Waals surface area (Å²) in [4.78, 5) is 35.6. The average Bonchev–Trinajstić information content (AvgIpc) is 3.54. The van der Waals surface area contributed by atoms with Crippen LogP contribution in [0.25, 0.3) is 5.65 Å². The maximum absolute atomic E-state index is 12.9. The lowest BCUT2D eigenvalue weighted by molar-refractivity contribution is -0.125. The van der Waals surface area contributed by atoms with Crippen LogP contribution in [0.2, 0.25) is 0 Å². The number of ketones is 1. The first-order valence-corrected chi connectivity index (χ1v) is 12.9. The maximum Gasteiger partial charge on any atom is 0.321 e. The van der Waals surface area contributed by atoms with Gasteiger partial charge in [0.15, 0.2) is 5.65 Å². The number of anilines is 1. The van der Waals surface area contributed by atoms with Gasteiger partial charge in [-0.05, 0) is 35.5 Å². The highest BCUT2D eigenvalue weighted by Crippen LogP contribution is 2.24. The number of amides is 1. The van der Waals surface area contributed by atoms with Crippen molar-refractivity contribution in [2.75, 3.05) is 25.0 Å². The van der Waals surface area contributed by atoms with Gasteiger partial charge in [-0.2, -0.15) is 19.6 Å². The molecule has 1 unspecified atom stereocenters. The van der Waals surface area contributed by atoms with Crippen LogP contribution in [0.4, 0.5) is 5.95 Å². The van der Waals surface area contributed by atoms with Crippen molar-refractivity contribution in [1.29, 1.82) is 0 Å². The minimum absolute atomic E-state index is 0.113. The number of nitrogens with zero attached hydrogens (tertiary/aromatic N) is 5. The molecule has 1 aromatic carbocycles. The van der Waals surface area contributed by atoms with Crippen molar-refractivity contribution in [2.24, 2.45) is 11.8 Å². The third-order valence-corrected chi connectivity index (χ3v) is 6.49. The van der Waals surface area contributed by atoms with Gasteiger partial charge in [-0.3, -0.25) is 9.59 Å². The number of benzene rings is 1. The van der Waals surface area contributed by atoms with E-state index in [0.717, 1.165) is 22.3 Å². The van der Waals surface area contributed by atoms with Crippen molar-refractivity contribution in [3.63, 3.8) is 0 Å². The number of nitrogens with one attached hydrogen (secondary N) is 1. The average molecular weight is 505 g/mol. The molecule has 196 valence electrons. The molecule has 3 heterocycles. The van der Waals surface area contributed by atoms with Crippen LogP contribution < -0.4 is 10.1 Å². The van der Waals surface area contributed by atoms with Crippen LogP contribution in [0.5, 0.6) is 6.01 Å². The number of likely N-dealkylation sites (tertiary alicyclic amines) is 1. The fraction of sp³-hybridized carbons (Fsp3) is 0.464. The fourth-order valence-electron chi connectivity index (χ4n) is 4.43. The van der Waals surface area contributed by atoms with E-state index in [1.54, 1.807) is 9.42 Å². The second-order valence-electron chi connectivity index (χ2n) is 10.3. The fourth-order valence-corrected chi connectivity index (χ4v) is 4.43. The van der Waals surface area contributed by atoms with Crippen LogP contribution >= 0.6 is 0 Å². The Labute approximate surface area is 217 Å². The molecule has 4 rings (SSSR count). The van der Waals surface area contributed by atoms with E-state index in [0.29, 0.717) is 57.0 Å². The molecule has 37 heavy (non-hydrogen) atoms. The number of aromatic nitrogens is 4. The molecule has 9 heteroatoms. The summed E-state index contributed by atoms with van der Waals surface area (Å²) in [7, 11) is 0. The van der Waals surface area contributed by atoms with E-state index in [1.165, 1.54) is 6.08 Å². The van der Waals surface area contributed by atoms with Crippen LogP contribution in [-0.4, -0.2) is 55.9 Å². The highest BCUT2D eigenvalue weighted by atomic mass is 16.5. The number of Topliss-reactive ketones (excluding diaryl/α,β-unsaturated/α-hetero) is 1. The van der Waals surface area contributed by atoms with Gasteiger partial charge in [0.25, 0.3) is 0 Å². The highest BCUT2D eigenvalue weighted by molar-refractivity contribution is 5.89. The number of carbonyl (C=O) groups excluding carboxylic acids is 2. The number of hydrogen-bond acceptors (Lipinski definition) is 7. The summed E-state index contributed by atoms with van der Waals surface area (Å²) in [5.41, 5.74) is 3.73. The Morgan fingerprint density at radius 3 is 2.73 bits per heavy atom. The van der Waals surface area contributed by atoms with Crippen LogP contribution in [0.3, 0.4) is 0 Å². The zero-order valence-electron chi connectivity index (χ0n) is 22.1. The third kappa shape index (κ3) is 6.34. The van der Waals surface area contributed by atoms with Crippen molar-refractivity contribution in [2.45, 2.75) is 53.0 Å². The van der Waals surface area contributed by atoms with Crippen LogP contribution in [0.15, 0.2) is 43.1 Å². The normalized spacial score (nSPS) is 15.5. The first kappa shape index (κ1) is 26.3. The first-order valence-electron chi connectivity index (χ1n) is 12.9. The molecule has 0 spiro atoms. The molecule has 1 N–H and O–H groups in total. The topological polar surface area (TPSA) is 102 Å². The van der Waals surface area contributed by atoms with E-state index >= 15 is 0 Å². The standard InChI is InChI=1S/C28H36N6O3/c1-6-25(36)33-11-10-22(16-33)24(35)13-20-8-7-9-21(12-20)14-29-27-32-28(37-17-18(2)3)31-26-23(19(4)5)15-30-34(26)27/h6-9,12,15,18-19,22H,1,10-11,13-14,16-17H2,2-5H3,(H,29,31,32). The molecule has 9 nitrogen and oxygen atoms in total. The predicted octanol–water partition coefficient (Wildman–Crippen LogP) is 4.04. The molecule has 0 radical (unpaired) electrons. The molecule has 0 saturated carbocycles. The van der Waals surface area contributed by atoms with Crippen molar-refractivity contribution in [3.05, 3.63) is 59.8 Å². The van der Waals surface area contributed by atoms with Gasteiger partial charge in [-0.15, -0.1) is 0 Å². The van der Waals surface area contributed by atoms with Gasteiger partial charge in [0.2, 0.25) is 11.9 Å². The molecule has 1 aliphatic heterocycles. The Morgan fingerprint density at radius 1 is 1.22 bits per heavy atom. The monoisotopic (exact) mass is 504 g/mol. The van der Waals surface area contributed by atoms with E-state index in [2.05, 4.69) is 54.7 Å². The molecule has 2 aromatic heterocycles. The van der Waals surface area contributed by atoms with Gasteiger partial charge >= 0.3 is 6.01 Å².